The van der Waals surface area contributed by atoms with Crippen LogP contribution in [0.3, 0.4) is 0 Å². The number of nitrogens with zero attached hydrogens (tertiary/aromatic N) is 2. The summed E-state index contributed by atoms with van der Waals surface area (Å²) in [5.74, 6) is -2.46. The van der Waals surface area contributed by atoms with Gasteiger partial charge in [0.15, 0.2) is 0 Å². The molecule has 3 amide bonds. The van der Waals surface area contributed by atoms with Crippen LogP contribution in [0.2, 0.25) is 0 Å². The van der Waals surface area contributed by atoms with Crippen molar-refractivity contribution < 1.29 is 23.5 Å². The third kappa shape index (κ3) is 5.35. The molecule has 3 unspecified atom stereocenters. The highest BCUT2D eigenvalue weighted by molar-refractivity contribution is 8.00. The molecule has 1 fully saturated rings. The van der Waals surface area contributed by atoms with E-state index in [1.807, 2.05) is 24.3 Å². The highest BCUT2D eigenvalue weighted by Gasteiger charge is 2.56. The lowest BCUT2D eigenvalue weighted by Crippen LogP contribution is -2.33. The zero-order valence-corrected chi connectivity index (χ0v) is 26.1. The average molecular weight is 632 g/mol. The van der Waals surface area contributed by atoms with Crippen LogP contribution in [0.25, 0.3) is 0 Å². The van der Waals surface area contributed by atoms with Crippen molar-refractivity contribution in [3.05, 3.63) is 104 Å². The molecule has 11 heteroatoms. The maximum Gasteiger partial charge on any atom is 0.308 e. The summed E-state index contributed by atoms with van der Waals surface area (Å²) in [6.07, 6.45) is 0. The first-order valence-electron chi connectivity index (χ1n) is 14.0. The number of aromatic nitrogens is 1. The summed E-state index contributed by atoms with van der Waals surface area (Å²) in [5, 5.41) is 2.47. The molecule has 3 atom stereocenters. The van der Waals surface area contributed by atoms with Crippen LogP contribution in [0.4, 0.5) is 15.8 Å². The number of ether oxygens (including phenoxy) is 1. The van der Waals surface area contributed by atoms with Crippen molar-refractivity contribution in [1.82, 2.24) is 4.57 Å². The first-order chi connectivity index (χ1) is 21.0. The first-order valence-corrected chi connectivity index (χ1v) is 15.7. The van der Waals surface area contributed by atoms with Gasteiger partial charge < -0.3 is 10.1 Å². The van der Waals surface area contributed by atoms with Crippen LogP contribution in [-0.4, -0.2) is 34.6 Å². The average Bonchev–Trinajstić information content (AvgIpc) is 3.43. The van der Waals surface area contributed by atoms with Crippen LogP contribution in [0.1, 0.15) is 42.7 Å². The fraction of sp³-hybridized carbons (Fsp3) is 0.273. The molecule has 226 valence electrons. The van der Waals surface area contributed by atoms with Gasteiger partial charge in [-0.1, -0.05) is 68.1 Å². The van der Waals surface area contributed by atoms with Gasteiger partial charge in [0, 0.05) is 16.5 Å². The van der Waals surface area contributed by atoms with Gasteiger partial charge in [0.2, 0.25) is 17.7 Å². The molecule has 1 N–H and O–H groups in total. The Kier molecular flexibility index (Phi) is 7.71. The first kappa shape index (κ1) is 29.8. The number of rotatable bonds is 6. The zero-order chi connectivity index (χ0) is 31.3. The number of anilines is 2. The van der Waals surface area contributed by atoms with Gasteiger partial charge in [-0.15, -0.1) is 0 Å². The van der Waals surface area contributed by atoms with Crippen LogP contribution >= 0.6 is 23.1 Å². The van der Waals surface area contributed by atoms with E-state index in [1.165, 1.54) is 28.8 Å². The topological polar surface area (TPSA) is 97.7 Å². The lowest BCUT2D eigenvalue weighted by Gasteiger charge is -2.31. The lowest BCUT2D eigenvalue weighted by molar-refractivity contribution is -0.122. The van der Waals surface area contributed by atoms with Crippen molar-refractivity contribution in [3.8, 4) is 5.75 Å². The normalized spacial score (nSPS) is 19.5. The number of methoxy groups -OCH3 is 1. The minimum Gasteiger partial charge on any atom is -0.497 e. The number of carbonyl (C=O) groups excluding carboxylic acids is 3. The maximum atomic E-state index is 14.0. The van der Waals surface area contributed by atoms with Crippen molar-refractivity contribution in [2.24, 2.45) is 5.92 Å². The van der Waals surface area contributed by atoms with Crippen molar-refractivity contribution in [2.45, 2.75) is 48.9 Å². The van der Waals surface area contributed by atoms with E-state index >= 15 is 0 Å². The highest BCUT2D eigenvalue weighted by atomic mass is 32.2. The van der Waals surface area contributed by atoms with Gasteiger partial charge >= 0.3 is 4.87 Å². The van der Waals surface area contributed by atoms with E-state index in [9.17, 15) is 23.6 Å². The van der Waals surface area contributed by atoms with Crippen molar-refractivity contribution in [2.75, 3.05) is 17.3 Å². The summed E-state index contributed by atoms with van der Waals surface area (Å²) in [5.41, 5.74) is 2.64. The number of thioether (sulfide) groups is 1. The van der Waals surface area contributed by atoms with Gasteiger partial charge in [0.05, 0.1) is 23.7 Å². The number of benzene rings is 3. The molecule has 0 spiro atoms. The fourth-order valence-corrected chi connectivity index (χ4v) is 8.44. The lowest BCUT2D eigenvalue weighted by atomic mass is 9.81. The fourth-order valence-electron chi connectivity index (χ4n) is 5.67. The molecule has 0 radical (unpaired) electrons. The van der Waals surface area contributed by atoms with Gasteiger partial charge in [-0.3, -0.25) is 23.7 Å². The number of hydrogen-bond acceptors (Lipinski definition) is 7. The Bertz CT molecular complexity index is 1810. The second kappa shape index (κ2) is 11.4. The van der Waals surface area contributed by atoms with Crippen LogP contribution in [0.15, 0.2) is 82.6 Å². The third-order valence-corrected chi connectivity index (χ3v) is 10.5. The molecule has 1 aromatic heterocycles. The second-order valence-electron chi connectivity index (χ2n) is 11.8. The third-order valence-electron chi connectivity index (χ3n) is 7.95. The minimum absolute atomic E-state index is 0.0987. The summed E-state index contributed by atoms with van der Waals surface area (Å²) in [6.45, 7) is 6.06. The van der Waals surface area contributed by atoms with Gasteiger partial charge in [-0.25, -0.2) is 9.29 Å². The van der Waals surface area contributed by atoms with Crippen LogP contribution < -0.4 is 19.8 Å². The summed E-state index contributed by atoms with van der Waals surface area (Å²) < 4.78 is 20.2. The Morgan fingerprint density at radius 3 is 2.20 bits per heavy atom. The SMILES string of the molecule is COc1ccc(NC(=O)Cn2c3c(sc2=O)C(c2ccc(C(C)(C)C)cc2)C2C(=O)N(c4ccc(F)cc4)C(=O)C2S3)cc1. The molecule has 2 aliphatic heterocycles. The zero-order valence-electron chi connectivity index (χ0n) is 24.5. The van der Waals surface area contributed by atoms with Crippen LogP contribution in [0.5, 0.6) is 5.75 Å². The number of halogens is 1. The van der Waals surface area contributed by atoms with Gasteiger partial charge in [0.25, 0.3) is 0 Å². The molecule has 1 saturated heterocycles. The Balaban J connectivity index is 1.40. The quantitative estimate of drug-likeness (QED) is 0.271. The number of fused-ring (bicyclic) bond motifs is 2. The summed E-state index contributed by atoms with van der Waals surface area (Å²) >= 11 is 2.13. The van der Waals surface area contributed by atoms with Gasteiger partial charge in [0.1, 0.15) is 23.4 Å². The van der Waals surface area contributed by atoms with E-state index in [0.717, 1.165) is 39.1 Å². The van der Waals surface area contributed by atoms with Gasteiger partial charge in [-0.2, -0.15) is 0 Å². The van der Waals surface area contributed by atoms with E-state index in [2.05, 4.69) is 26.1 Å². The Hall–Kier alpha value is -4.22. The van der Waals surface area contributed by atoms with Crippen LogP contribution in [0, 0.1) is 11.7 Å². The predicted molar refractivity (Wildman–Crippen MR) is 169 cm³/mol. The minimum atomic E-state index is -0.836. The Morgan fingerprint density at radius 1 is 0.932 bits per heavy atom. The standard InChI is InChI=1S/C33H30FN3O5S2/c1-33(2,3)19-7-5-18(6-8-19)25-26-27(30(40)37(29(26)39)22-13-9-20(34)10-14-22)43-31-28(25)44-32(41)36(31)17-24(38)35-21-11-15-23(42-4)16-12-21/h5-16,25-27H,17H2,1-4H3,(H,35,38). The smallest absolute Gasteiger partial charge is 0.308 e. The molecule has 6 rings (SSSR count). The molecule has 0 saturated carbocycles. The highest BCUT2D eigenvalue weighted by Crippen LogP contribution is 2.54. The molecule has 0 bridgehead atoms. The van der Waals surface area contributed by atoms with Crippen molar-refractivity contribution >= 4 is 52.2 Å². The number of imide groups is 1. The Labute approximate surface area is 261 Å². The number of nitrogens with one attached hydrogen (secondary N) is 1. The monoisotopic (exact) mass is 631 g/mol. The Morgan fingerprint density at radius 2 is 1.59 bits per heavy atom. The van der Waals surface area contributed by atoms with Gasteiger partial charge in [-0.05, 0) is 65.1 Å². The molecule has 4 aromatic rings. The maximum absolute atomic E-state index is 14.0. The number of amides is 3. The largest absolute Gasteiger partial charge is 0.497 e. The van der Waals surface area contributed by atoms with Crippen molar-refractivity contribution in [3.63, 3.8) is 0 Å². The summed E-state index contributed by atoms with van der Waals surface area (Å²) in [7, 11) is 1.55. The van der Waals surface area contributed by atoms with Crippen LogP contribution in [-0.2, 0) is 26.3 Å². The molecule has 3 heterocycles. The molecule has 8 nitrogen and oxygen atoms in total. The molecule has 44 heavy (non-hydrogen) atoms. The molecule has 3 aromatic carbocycles. The number of hydrogen-bond donors (Lipinski definition) is 1. The summed E-state index contributed by atoms with van der Waals surface area (Å²) in [6, 6.07) is 20.0. The van der Waals surface area contributed by atoms with E-state index in [-0.39, 0.29) is 22.5 Å². The van der Waals surface area contributed by atoms with E-state index in [1.54, 1.807) is 31.4 Å². The van der Waals surface area contributed by atoms with Crippen molar-refractivity contribution in [1.29, 1.82) is 0 Å². The molecule has 2 aliphatic rings. The summed E-state index contributed by atoms with van der Waals surface area (Å²) in [4.78, 5) is 55.8. The number of carbonyl (C=O) groups is 3. The number of thiazole rings is 1. The second-order valence-corrected chi connectivity index (χ2v) is 13.9. The van der Waals surface area contributed by atoms with E-state index in [4.69, 9.17) is 4.74 Å². The molecule has 0 aliphatic carbocycles. The van der Waals surface area contributed by atoms with E-state index in [0.29, 0.717) is 21.3 Å². The predicted octanol–water partition coefficient (Wildman–Crippen LogP) is 5.79. The molecular weight excluding hydrogens is 602 g/mol. The molecular formula is C33H30FN3O5S2. The van der Waals surface area contributed by atoms with E-state index < -0.39 is 40.6 Å².